The van der Waals surface area contributed by atoms with Crippen molar-refractivity contribution in [3.05, 3.63) is 55.6 Å². The summed E-state index contributed by atoms with van der Waals surface area (Å²) in [5.74, 6) is -0.741. The molecule has 1 aliphatic heterocycles. The van der Waals surface area contributed by atoms with Crippen molar-refractivity contribution in [2.45, 2.75) is 31.3 Å². The van der Waals surface area contributed by atoms with E-state index in [1.807, 2.05) is 24.3 Å². The van der Waals surface area contributed by atoms with E-state index in [2.05, 4.69) is 33.0 Å². The molecule has 2 aromatic rings. The van der Waals surface area contributed by atoms with Gasteiger partial charge in [0.05, 0.1) is 10.4 Å². The predicted molar refractivity (Wildman–Crippen MR) is 97.3 cm³/mol. The van der Waals surface area contributed by atoms with Crippen LogP contribution in [0.5, 0.6) is 0 Å². The van der Waals surface area contributed by atoms with Crippen molar-refractivity contribution in [3.8, 4) is 0 Å². The zero-order valence-electron chi connectivity index (χ0n) is 12.4. The molecule has 0 bridgehead atoms. The van der Waals surface area contributed by atoms with E-state index in [0.717, 1.165) is 38.6 Å². The second-order valence-corrected chi connectivity index (χ2v) is 8.35. The van der Waals surface area contributed by atoms with Gasteiger partial charge in [0.1, 0.15) is 6.04 Å². The molecule has 1 aromatic carbocycles. The minimum atomic E-state index is -0.741. The van der Waals surface area contributed by atoms with E-state index in [1.54, 1.807) is 0 Å². The summed E-state index contributed by atoms with van der Waals surface area (Å²) < 4.78 is 1.74. The molecule has 2 heterocycles. The molecule has 1 aliphatic rings. The minimum absolute atomic E-state index is 0.0676. The van der Waals surface area contributed by atoms with Crippen LogP contribution in [-0.4, -0.2) is 28.6 Å². The summed E-state index contributed by atoms with van der Waals surface area (Å²) in [6, 6.07) is 11.5. The lowest BCUT2D eigenvalue weighted by Gasteiger charge is -2.39. The van der Waals surface area contributed by atoms with Gasteiger partial charge in [-0.25, -0.2) is 0 Å². The van der Waals surface area contributed by atoms with Crippen LogP contribution in [-0.2, 0) is 4.79 Å². The van der Waals surface area contributed by atoms with Gasteiger partial charge in [0.25, 0.3) is 0 Å². The first kappa shape index (κ1) is 17.0. The molecule has 1 N–H and O–H groups in total. The number of hydrogen-bond acceptors (Lipinski definition) is 3. The number of nitrogens with zero attached hydrogens (tertiary/aromatic N) is 1. The smallest absolute Gasteiger partial charge is 0.320 e. The Bertz CT molecular complexity index is 688. The highest BCUT2D eigenvalue weighted by molar-refractivity contribution is 9.10. The van der Waals surface area contributed by atoms with Crippen LogP contribution in [0.3, 0.4) is 0 Å². The van der Waals surface area contributed by atoms with Gasteiger partial charge in [-0.1, -0.05) is 46.1 Å². The fourth-order valence-corrected chi connectivity index (χ4v) is 4.64. The maximum atomic E-state index is 11.7. The van der Waals surface area contributed by atoms with Gasteiger partial charge in [0, 0.05) is 9.35 Å². The molecule has 1 fully saturated rings. The van der Waals surface area contributed by atoms with E-state index in [9.17, 15) is 9.90 Å². The molecule has 1 saturated heterocycles. The first-order chi connectivity index (χ1) is 11.1. The normalized spacial score (nSPS) is 20.3. The Kier molecular flexibility index (Phi) is 5.42. The molecule has 2 unspecified atom stereocenters. The van der Waals surface area contributed by atoms with Crippen molar-refractivity contribution in [1.29, 1.82) is 0 Å². The van der Waals surface area contributed by atoms with Crippen LogP contribution in [0.2, 0.25) is 4.34 Å². The number of halogens is 2. The topological polar surface area (TPSA) is 40.5 Å². The van der Waals surface area contributed by atoms with Gasteiger partial charge in [-0.05, 0) is 49.2 Å². The summed E-state index contributed by atoms with van der Waals surface area (Å²) in [7, 11) is 0. The summed E-state index contributed by atoms with van der Waals surface area (Å²) in [5, 5.41) is 9.63. The molecule has 0 amide bonds. The molecule has 0 spiro atoms. The Morgan fingerprint density at radius 3 is 2.61 bits per heavy atom. The fourth-order valence-electron chi connectivity index (χ4n) is 3.17. The number of likely N-dealkylation sites (tertiary alicyclic amines) is 1. The van der Waals surface area contributed by atoms with Gasteiger partial charge in [-0.3, -0.25) is 9.69 Å². The van der Waals surface area contributed by atoms with Crippen molar-refractivity contribution in [1.82, 2.24) is 4.90 Å². The molecule has 1 aromatic heterocycles. The average Bonchev–Trinajstić information content (AvgIpc) is 2.96. The van der Waals surface area contributed by atoms with Gasteiger partial charge in [0.15, 0.2) is 0 Å². The summed E-state index contributed by atoms with van der Waals surface area (Å²) in [4.78, 5) is 14.9. The lowest BCUT2D eigenvalue weighted by atomic mass is 9.95. The number of carbonyl (C=O) groups is 1. The van der Waals surface area contributed by atoms with Crippen molar-refractivity contribution in [3.63, 3.8) is 0 Å². The van der Waals surface area contributed by atoms with E-state index in [-0.39, 0.29) is 6.04 Å². The summed E-state index contributed by atoms with van der Waals surface area (Å²) in [6.45, 7) is 0.785. The molecular formula is C17H17BrClNO2S. The first-order valence-electron chi connectivity index (χ1n) is 7.55. The van der Waals surface area contributed by atoms with Gasteiger partial charge >= 0.3 is 5.97 Å². The van der Waals surface area contributed by atoms with Gasteiger partial charge < -0.3 is 5.11 Å². The highest BCUT2D eigenvalue weighted by Gasteiger charge is 2.35. The number of carboxylic acids is 1. The SMILES string of the molecule is O=C(O)C1CCCCN1C(c1ccc(Br)cc1)c1ccc(Cl)s1. The zero-order valence-corrected chi connectivity index (χ0v) is 15.6. The standard InChI is InChI=1S/C17H17BrClNO2S/c18-12-6-4-11(5-7-12)16(14-8-9-15(19)23-14)20-10-2-1-3-13(20)17(21)22/h4-9,13,16H,1-3,10H2,(H,21,22). The number of aliphatic carboxylic acids is 1. The second-order valence-electron chi connectivity index (χ2n) is 5.68. The van der Waals surface area contributed by atoms with Crippen LogP contribution in [0.25, 0.3) is 0 Å². The van der Waals surface area contributed by atoms with Crippen LogP contribution in [0.4, 0.5) is 0 Å². The number of carboxylic acid groups (broad SMARTS) is 1. The van der Waals surface area contributed by atoms with Gasteiger partial charge in [-0.15, -0.1) is 11.3 Å². The fraction of sp³-hybridized carbons (Fsp3) is 0.353. The maximum absolute atomic E-state index is 11.7. The molecule has 3 nitrogen and oxygen atoms in total. The summed E-state index contributed by atoms with van der Waals surface area (Å²) in [6.07, 6.45) is 2.68. The molecule has 23 heavy (non-hydrogen) atoms. The minimum Gasteiger partial charge on any atom is -0.480 e. The first-order valence-corrected chi connectivity index (χ1v) is 9.54. The number of thiophene rings is 1. The van der Waals surface area contributed by atoms with Gasteiger partial charge in [0.2, 0.25) is 0 Å². The average molecular weight is 415 g/mol. The quantitative estimate of drug-likeness (QED) is 0.748. The predicted octanol–water partition coefficient (Wildman–Crippen LogP) is 5.19. The summed E-state index contributed by atoms with van der Waals surface area (Å²) in [5.41, 5.74) is 1.10. The van der Waals surface area contributed by atoms with E-state index in [0.29, 0.717) is 6.42 Å². The molecule has 0 radical (unpaired) electrons. The van der Waals surface area contributed by atoms with Crippen LogP contribution < -0.4 is 0 Å². The lowest BCUT2D eigenvalue weighted by molar-refractivity contribution is -0.145. The zero-order chi connectivity index (χ0) is 16.4. The lowest BCUT2D eigenvalue weighted by Crippen LogP contribution is -2.46. The third kappa shape index (κ3) is 3.79. The Morgan fingerprint density at radius 2 is 2.00 bits per heavy atom. The maximum Gasteiger partial charge on any atom is 0.320 e. The van der Waals surface area contributed by atoms with E-state index >= 15 is 0 Å². The van der Waals surface area contributed by atoms with Crippen molar-refractivity contribution >= 4 is 44.8 Å². The number of rotatable bonds is 4. The van der Waals surface area contributed by atoms with Crippen molar-refractivity contribution < 1.29 is 9.90 Å². The molecular weight excluding hydrogens is 398 g/mol. The second kappa shape index (κ2) is 7.34. The van der Waals surface area contributed by atoms with Gasteiger partial charge in [-0.2, -0.15) is 0 Å². The molecule has 2 atom stereocenters. The molecule has 3 rings (SSSR count). The molecule has 122 valence electrons. The molecule has 0 aliphatic carbocycles. The van der Waals surface area contributed by atoms with Crippen molar-refractivity contribution in [2.75, 3.05) is 6.54 Å². The Morgan fingerprint density at radius 1 is 1.26 bits per heavy atom. The van der Waals surface area contributed by atoms with E-state index in [4.69, 9.17) is 11.6 Å². The summed E-state index contributed by atoms with van der Waals surface area (Å²) >= 11 is 11.1. The van der Waals surface area contributed by atoms with Crippen LogP contribution in [0.15, 0.2) is 40.9 Å². The molecule has 0 saturated carbocycles. The molecule has 6 heteroatoms. The van der Waals surface area contributed by atoms with E-state index < -0.39 is 12.0 Å². The Labute approximate surface area is 153 Å². The van der Waals surface area contributed by atoms with Crippen LogP contribution in [0.1, 0.15) is 35.7 Å². The highest BCUT2D eigenvalue weighted by Crippen LogP contribution is 2.38. The van der Waals surface area contributed by atoms with E-state index in [1.165, 1.54) is 11.3 Å². The number of piperidine rings is 1. The monoisotopic (exact) mass is 413 g/mol. The number of hydrogen-bond donors (Lipinski definition) is 1. The Hall–Kier alpha value is -0.880. The van der Waals surface area contributed by atoms with Crippen LogP contribution in [0, 0.1) is 0 Å². The Balaban J connectivity index is 2.03. The number of benzene rings is 1. The van der Waals surface area contributed by atoms with Crippen LogP contribution >= 0.6 is 38.9 Å². The third-order valence-corrected chi connectivity index (χ3v) is 6.02. The third-order valence-electron chi connectivity index (χ3n) is 4.21. The largest absolute Gasteiger partial charge is 0.480 e. The highest BCUT2D eigenvalue weighted by atomic mass is 79.9. The van der Waals surface area contributed by atoms with Crippen molar-refractivity contribution in [2.24, 2.45) is 0 Å².